The van der Waals surface area contributed by atoms with Crippen LogP contribution >= 0.6 is 0 Å². The van der Waals surface area contributed by atoms with Gasteiger partial charge >= 0.3 is 5.76 Å². The molecule has 0 heterocycles. The van der Waals surface area contributed by atoms with Crippen molar-refractivity contribution in [1.82, 2.24) is 4.90 Å². The van der Waals surface area contributed by atoms with Crippen LogP contribution in [0.1, 0.15) is 24.1 Å². The van der Waals surface area contributed by atoms with Crippen molar-refractivity contribution in [2.24, 2.45) is 0 Å². The van der Waals surface area contributed by atoms with E-state index in [9.17, 15) is 17.2 Å². The molecule has 1 unspecified atom stereocenters. The summed E-state index contributed by atoms with van der Waals surface area (Å²) in [4.78, 5) is 1.62. The minimum absolute atomic E-state index is 0.0387. The molecule has 2 aromatic carbocycles. The summed E-state index contributed by atoms with van der Waals surface area (Å²) >= 11 is 0. The van der Waals surface area contributed by atoms with Crippen molar-refractivity contribution >= 4 is 15.5 Å². The lowest BCUT2D eigenvalue weighted by atomic mass is 10.0. The standard InChI is InChI=1S/C19H24F2N2O2S/c1-4-14-9-11-15(12-10-14)17(23(2)3)13-22-16-7-5-6-8-18(16)26(24,25)19(20)21/h5-12,17,19,22H,4,13H2,1-3H3. The molecule has 7 heteroatoms. The molecule has 0 fully saturated rings. The number of benzene rings is 2. The number of nitrogens with one attached hydrogen (secondary N) is 1. The molecular formula is C19H24F2N2O2S. The lowest BCUT2D eigenvalue weighted by molar-refractivity contribution is 0.235. The maximum absolute atomic E-state index is 12.9. The van der Waals surface area contributed by atoms with Gasteiger partial charge in [0, 0.05) is 6.54 Å². The number of sulfone groups is 1. The first-order valence-electron chi connectivity index (χ1n) is 8.37. The van der Waals surface area contributed by atoms with Gasteiger partial charge in [-0.05, 0) is 43.8 Å². The molecule has 2 rings (SSSR count). The van der Waals surface area contributed by atoms with Gasteiger partial charge in [0.15, 0.2) is 0 Å². The number of para-hydroxylation sites is 1. The van der Waals surface area contributed by atoms with E-state index in [1.807, 2.05) is 31.1 Å². The second kappa shape index (κ2) is 8.60. The molecule has 0 spiro atoms. The van der Waals surface area contributed by atoms with E-state index in [0.717, 1.165) is 12.0 Å². The molecule has 4 nitrogen and oxygen atoms in total. The molecule has 142 valence electrons. The van der Waals surface area contributed by atoms with Gasteiger partial charge in [-0.2, -0.15) is 8.78 Å². The fourth-order valence-corrected chi connectivity index (χ4v) is 3.64. The normalized spacial score (nSPS) is 13.2. The Labute approximate surface area is 153 Å². The average molecular weight is 382 g/mol. The molecule has 1 N–H and O–H groups in total. The van der Waals surface area contributed by atoms with Gasteiger partial charge in [-0.1, -0.05) is 43.3 Å². The van der Waals surface area contributed by atoms with Crippen LogP contribution in [-0.4, -0.2) is 39.7 Å². The van der Waals surface area contributed by atoms with Crippen LogP contribution in [0.3, 0.4) is 0 Å². The Kier molecular flexibility index (Phi) is 6.72. The third-order valence-corrected chi connectivity index (χ3v) is 5.75. The Morgan fingerprint density at radius 2 is 1.65 bits per heavy atom. The molecule has 0 aliphatic carbocycles. The zero-order valence-corrected chi connectivity index (χ0v) is 15.9. The SMILES string of the molecule is CCc1ccc(C(CNc2ccccc2S(=O)(=O)C(F)F)N(C)C)cc1. The number of halogens is 2. The highest BCUT2D eigenvalue weighted by molar-refractivity contribution is 7.91. The van der Waals surface area contributed by atoms with E-state index in [-0.39, 0.29) is 16.6 Å². The lowest BCUT2D eigenvalue weighted by Gasteiger charge is -2.26. The second-order valence-corrected chi connectivity index (χ2v) is 8.14. The Bertz CT molecular complexity index is 822. The molecule has 0 amide bonds. The van der Waals surface area contributed by atoms with Crippen LogP contribution in [0.2, 0.25) is 0 Å². The number of alkyl halides is 2. The first-order valence-corrected chi connectivity index (χ1v) is 9.92. The van der Waals surface area contributed by atoms with E-state index in [2.05, 4.69) is 24.4 Å². The van der Waals surface area contributed by atoms with E-state index in [4.69, 9.17) is 0 Å². The molecule has 0 aliphatic heterocycles. The van der Waals surface area contributed by atoms with Crippen LogP contribution in [0.25, 0.3) is 0 Å². The summed E-state index contributed by atoms with van der Waals surface area (Å²) in [6.45, 7) is 2.47. The Morgan fingerprint density at radius 3 is 2.19 bits per heavy atom. The molecule has 0 radical (unpaired) electrons. The maximum Gasteiger partial charge on any atom is 0.341 e. The van der Waals surface area contributed by atoms with E-state index in [1.54, 1.807) is 6.07 Å². The minimum Gasteiger partial charge on any atom is -0.382 e. The van der Waals surface area contributed by atoms with Gasteiger partial charge in [0.2, 0.25) is 9.84 Å². The molecule has 0 aromatic heterocycles. The molecule has 2 aromatic rings. The van der Waals surface area contributed by atoms with Crippen molar-refractivity contribution in [3.8, 4) is 0 Å². The minimum atomic E-state index is -4.66. The van der Waals surface area contributed by atoms with Crippen molar-refractivity contribution in [1.29, 1.82) is 0 Å². The van der Waals surface area contributed by atoms with E-state index in [1.165, 1.54) is 23.8 Å². The van der Waals surface area contributed by atoms with Crippen LogP contribution in [0.15, 0.2) is 53.4 Å². The number of rotatable bonds is 8. The monoisotopic (exact) mass is 382 g/mol. The summed E-state index contributed by atoms with van der Waals surface area (Å²) in [5, 5.41) is 3.03. The number of hydrogen-bond acceptors (Lipinski definition) is 4. The van der Waals surface area contributed by atoms with Gasteiger partial charge in [0.1, 0.15) is 0 Å². The van der Waals surface area contributed by atoms with Gasteiger partial charge in [-0.3, -0.25) is 0 Å². The van der Waals surface area contributed by atoms with Gasteiger partial charge in [-0.25, -0.2) is 8.42 Å². The van der Waals surface area contributed by atoms with Crippen LogP contribution in [0.5, 0.6) is 0 Å². The van der Waals surface area contributed by atoms with Gasteiger partial charge in [-0.15, -0.1) is 0 Å². The molecule has 0 saturated heterocycles. The van der Waals surface area contributed by atoms with Crippen LogP contribution < -0.4 is 5.32 Å². The second-order valence-electron chi connectivity index (χ2n) is 6.26. The Balaban J connectivity index is 2.25. The lowest BCUT2D eigenvalue weighted by Crippen LogP contribution is -2.27. The Hall–Kier alpha value is -1.99. The summed E-state index contributed by atoms with van der Waals surface area (Å²) in [6.07, 6.45) is 0.948. The van der Waals surface area contributed by atoms with Gasteiger partial charge in [0.05, 0.1) is 16.6 Å². The third-order valence-electron chi connectivity index (χ3n) is 4.31. The summed E-state index contributed by atoms with van der Waals surface area (Å²) in [6, 6.07) is 13.9. The fourth-order valence-electron chi connectivity index (χ4n) is 2.74. The number of likely N-dealkylation sites (N-methyl/N-ethyl adjacent to an activating group) is 1. The largest absolute Gasteiger partial charge is 0.382 e. The van der Waals surface area contributed by atoms with Crippen LogP contribution in [0.4, 0.5) is 14.5 Å². The van der Waals surface area contributed by atoms with Gasteiger partial charge in [0.25, 0.3) is 0 Å². The fraction of sp³-hybridized carbons (Fsp3) is 0.368. The molecule has 1 atom stereocenters. The highest BCUT2D eigenvalue weighted by atomic mass is 32.2. The first kappa shape index (κ1) is 20.3. The highest BCUT2D eigenvalue weighted by Gasteiger charge is 2.29. The van der Waals surface area contributed by atoms with Crippen molar-refractivity contribution in [2.45, 2.75) is 30.0 Å². The topological polar surface area (TPSA) is 49.4 Å². The first-order chi connectivity index (χ1) is 12.3. The summed E-state index contributed by atoms with van der Waals surface area (Å²) in [7, 11) is -0.822. The number of anilines is 1. The molecular weight excluding hydrogens is 358 g/mol. The molecule has 26 heavy (non-hydrogen) atoms. The van der Waals surface area contributed by atoms with Crippen LogP contribution in [0, 0.1) is 0 Å². The highest BCUT2D eigenvalue weighted by Crippen LogP contribution is 2.27. The van der Waals surface area contributed by atoms with Gasteiger partial charge < -0.3 is 10.2 Å². The summed E-state index contributed by atoms with van der Waals surface area (Å²) in [5.74, 6) is -3.45. The third kappa shape index (κ3) is 4.59. The zero-order valence-electron chi connectivity index (χ0n) is 15.1. The van der Waals surface area contributed by atoms with E-state index in [0.29, 0.717) is 6.54 Å². The number of nitrogens with zero attached hydrogens (tertiary/aromatic N) is 1. The van der Waals surface area contributed by atoms with Crippen molar-refractivity contribution in [2.75, 3.05) is 26.0 Å². The summed E-state index contributed by atoms with van der Waals surface area (Å²) in [5.41, 5.74) is 2.48. The van der Waals surface area contributed by atoms with E-state index >= 15 is 0 Å². The van der Waals surface area contributed by atoms with Crippen molar-refractivity contribution in [3.05, 3.63) is 59.7 Å². The average Bonchev–Trinajstić information content (AvgIpc) is 2.62. The van der Waals surface area contributed by atoms with Crippen LogP contribution in [-0.2, 0) is 16.3 Å². The van der Waals surface area contributed by atoms with Crippen molar-refractivity contribution in [3.63, 3.8) is 0 Å². The zero-order chi connectivity index (χ0) is 19.3. The molecule has 0 saturated carbocycles. The maximum atomic E-state index is 12.9. The predicted molar refractivity (Wildman–Crippen MR) is 100 cm³/mol. The van der Waals surface area contributed by atoms with Crippen molar-refractivity contribution < 1.29 is 17.2 Å². The number of hydrogen-bond donors (Lipinski definition) is 1. The quantitative estimate of drug-likeness (QED) is 0.751. The van der Waals surface area contributed by atoms with E-state index < -0.39 is 15.6 Å². The molecule has 0 bridgehead atoms. The number of aryl methyl sites for hydroxylation is 1. The molecule has 0 aliphatic rings. The smallest absolute Gasteiger partial charge is 0.341 e. The Morgan fingerprint density at radius 1 is 1.04 bits per heavy atom. The predicted octanol–water partition coefficient (Wildman–Crippen LogP) is 3.96. The summed E-state index contributed by atoms with van der Waals surface area (Å²) < 4.78 is 49.6.